The number of hydrogen-bond donors (Lipinski definition) is 0. The first kappa shape index (κ1) is 19.5. The van der Waals surface area contributed by atoms with E-state index < -0.39 is 0 Å². The van der Waals surface area contributed by atoms with Gasteiger partial charge in [-0.15, -0.1) is 0 Å². The molecule has 144 valence electrons. The smallest absolute Gasteiger partial charge is 0.232 e. The van der Waals surface area contributed by atoms with Gasteiger partial charge in [0, 0.05) is 35.1 Å². The van der Waals surface area contributed by atoms with Crippen LogP contribution in [0.25, 0.3) is 0 Å². The number of carbonyl (C=O) groups is 2. The maximum absolute atomic E-state index is 13.2. The molecule has 2 aliphatic rings. The van der Waals surface area contributed by atoms with E-state index in [0.29, 0.717) is 39.2 Å². The molecule has 6 heteroatoms. The van der Waals surface area contributed by atoms with Crippen molar-refractivity contribution in [3.05, 3.63) is 73.9 Å². The highest BCUT2D eigenvalue weighted by Crippen LogP contribution is 2.44. The molecule has 4 rings (SSSR count). The number of carbonyl (C=O) groups excluding carboxylic acids is 2. The summed E-state index contributed by atoms with van der Waals surface area (Å²) < 4.78 is 0. The molecule has 0 spiro atoms. The van der Waals surface area contributed by atoms with Crippen molar-refractivity contribution in [2.75, 3.05) is 4.90 Å². The predicted molar refractivity (Wildman–Crippen MR) is 113 cm³/mol. The normalized spacial score (nSPS) is 19.9. The van der Waals surface area contributed by atoms with Crippen LogP contribution in [0.5, 0.6) is 0 Å². The molecule has 0 aromatic heterocycles. The zero-order chi connectivity index (χ0) is 20.0. The monoisotopic (exact) mass is 433 g/mol. The van der Waals surface area contributed by atoms with E-state index in [2.05, 4.69) is 0 Å². The van der Waals surface area contributed by atoms with Gasteiger partial charge in [-0.05, 0) is 55.2 Å². The number of nitrogens with zero attached hydrogens (tertiary/aromatic N) is 1. The van der Waals surface area contributed by atoms with Crippen LogP contribution in [-0.2, 0) is 9.59 Å². The van der Waals surface area contributed by atoms with Crippen LogP contribution in [0.2, 0.25) is 15.1 Å². The van der Waals surface area contributed by atoms with Crippen LogP contribution in [0.3, 0.4) is 0 Å². The van der Waals surface area contributed by atoms with E-state index in [1.165, 1.54) is 0 Å². The first-order valence-electron chi connectivity index (χ1n) is 9.17. The fourth-order valence-corrected chi connectivity index (χ4v) is 4.51. The third kappa shape index (κ3) is 3.36. The highest BCUT2D eigenvalue weighted by molar-refractivity contribution is 6.42. The number of amides is 1. The second-order valence-electron chi connectivity index (χ2n) is 7.23. The molecule has 0 saturated heterocycles. The number of ketones is 1. The van der Waals surface area contributed by atoms with E-state index in [-0.39, 0.29) is 24.0 Å². The Bertz CT molecular complexity index is 1030. The Morgan fingerprint density at radius 3 is 2.43 bits per heavy atom. The summed E-state index contributed by atoms with van der Waals surface area (Å²) in [6.45, 7) is 1.92. The molecule has 1 atom stereocenters. The predicted octanol–water partition coefficient (Wildman–Crippen LogP) is 6.48. The van der Waals surface area contributed by atoms with E-state index in [0.717, 1.165) is 23.2 Å². The molecule has 0 bridgehead atoms. The summed E-state index contributed by atoms with van der Waals surface area (Å²) in [5.41, 5.74) is 3.98. The number of Topliss-reactive ketones (excluding diaryl/α,β-unsaturated/α-hetero) is 1. The molecule has 1 aliphatic heterocycles. The molecule has 1 aliphatic carbocycles. The second-order valence-corrected chi connectivity index (χ2v) is 8.45. The van der Waals surface area contributed by atoms with Crippen LogP contribution in [0.4, 0.5) is 5.69 Å². The van der Waals surface area contributed by atoms with E-state index >= 15 is 0 Å². The van der Waals surface area contributed by atoms with Gasteiger partial charge in [0.1, 0.15) is 0 Å². The van der Waals surface area contributed by atoms with Crippen LogP contribution in [0.15, 0.2) is 47.7 Å². The summed E-state index contributed by atoms with van der Waals surface area (Å²) >= 11 is 18.5. The molecule has 0 saturated carbocycles. The Morgan fingerprint density at radius 2 is 1.71 bits per heavy atom. The van der Waals surface area contributed by atoms with E-state index in [4.69, 9.17) is 34.8 Å². The van der Waals surface area contributed by atoms with E-state index in [1.54, 1.807) is 23.1 Å². The van der Waals surface area contributed by atoms with Gasteiger partial charge in [-0.1, -0.05) is 46.9 Å². The van der Waals surface area contributed by atoms with Crippen molar-refractivity contribution in [1.29, 1.82) is 0 Å². The number of aryl methyl sites for hydroxylation is 1. The first-order valence-corrected chi connectivity index (χ1v) is 10.3. The summed E-state index contributed by atoms with van der Waals surface area (Å²) in [5, 5.41) is 1.47. The Morgan fingerprint density at radius 1 is 0.929 bits per heavy atom. The molecule has 2 aromatic rings. The van der Waals surface area contributed by atoms with Crippen molar-refractivity contribution >= 4 is 52.2 Å². The van der Waals surface area contributed by atoms with Gasteiger partial charge in [0.2, 0.25) is 5.91 Å². The molecule has 1 heterocycles. The Labute approximate surface area is 178 Å². The Kier molecular flexibility index (Phi) is 5.26. The van der Waals surface area contributed by atoms with Crippen molar-refractivity contribution in [3.63, 3.8) is 0 Å². The van der Waals surface area contributed by atoms with Crippen LogP contribution < -0.4 is 4.90 Å². The van der Waals surface area contributed by atoms with Crippen molar-refractivity contribution < 1.29 is 9.59 Å². The minimum atomic E-state index is -0.303. The van der Waals surface area contributed by atoms with Crippen LogP contribution in [-0.4, -0.2) is 11.7 Å². The third-order valence-electron chi connectivity index (χ3n) is 5.43. The quantitative estimate of drug-likeness (QED) is 0.542. The summed E-state index contributed by atoms with van der Waals surface area (Å²) in [7, 11) is 0. The third-order valence-corrected chi connectivity index (χ3v) is 6.58. The molecule has 28 heavy (non-hydrogen) atoms. The van der Waals surface area contributed by atoms with Gasteiger partial charge in [0.05, 0.1) is 15.7 Å². The number of hydrogen-bond acceptors (Lipinski definition) is 2. The molecule has 0 fully saturated rings. The van der Waals surface area contributed by atoms with Crippen LogP contribution in [0, 0.1) is 6.92 Å². The first-order chi connectivity index (χ1) is 13.4. The molecular weight excluding hydrogens is 417 g/mol. The summed E-state index contributed by atoms with van der Waals surface area (Å²) in [4.78, 5) is 27.7. The van der Waals surface area contributed by atoms with Crippen LogP contribution >= 0.6 is 34.8 Å². The molecular formula is C22H18Cl3NO2. The molecule has 2 aromatic carbocycles. The lowest BCUT2D eigenvalue weighted by Crippen LogP contribution is -2.40. The largest absolute Gasteiger partial charge is 0.294 e. The van der Waals surface area contributed by atoms with E-state index in [1.807, 2.05) is 25.1 Å². The van der Waals surface area contributed by atoms with Gasteiger partial charge in [-0.3, -0.25) is 14.5 Å². The molecule has 1 unspecified atom stereocenters. The average Bonchev–Trinajstić information content (AvgIpc) is 2.66. The maximum Gasteiger partial charge on any atom is 0.232 e. The Balaban J connectivity index is 1.86. The van der Waals surface area contributed by atoms with E-state index in [9.17, 15) is 9.59 Å². The SMILES string of the molecule is Cc1ccc(N2C(=O)CC(c3ccc(Cl)c(Cl)c3)C3=C2CCCC3=O)cc1Cl. The number of benzene rings is 2. The van der Waals surface area contributed by atoms with Crippen molar-refractivity contribution in [2.24, 2.45) is 0 Å². The fraction of sp³-hybridized carbons (Fsp3) is 0.273. The summed E-state index contributed by atoms with van der Waals surface area (Å²) in [5.74, 6) is -0.264. The van der Waals surface area contributed by atoms with Crippen molar-refractivity contribution in [3.8, 4) is 0 Å². The average molecular weight is 435 g/mol. The summed E-state index contributed by atoms with van der Waals surface area (Å²) in [6.07, 6.45) is 2.10. The highest BCUT2D eigenvalue weighted by Gasteiger charge is 2.39. The lowest BCUT2D eigenvalue weighted by molar-refractivity contribution is -0.119. The lowest BCUT2D eigenvalue weighted by Gasteiger charge is -2.38. The highest BCUT2D eigenvalue weighted by atomic mass is 35.5. The standard InChI is InChI=1S/C22H18Cl3NO2/c1-12-5-7-14(10-17(12)24)26-19-3-2-4-20(27)22(19)15(11-21(26)28)13-6-8-16(23)18(25)9-13/h5-10,15H,2-4,11H2,1H3. The number of anilines is 1. The molecule has 0 radical (unpaired) electrons. The van der Waals surface area contributed by atoms with Crippen LogP contribution in [0.1, 0.15) is 42.7 Å². The summed E-state index contributed by atoms with van der Waals surface area (Å²) in [6, 6.07) is 10.9. The topological polar surface area (TPSA) is 37.4 Å². The maximum atomic E-state index is 13.2. The lowest BCUT2D eigenvalue weighted by atomic mass is 9.77. The number of rotatable bonds is 2. The van der Waals surface area contributed by atoms with Gasteiger partial charge in [0.15, 0.2) is 5.78 Å². The minimum Gasteiger partial charge on any atom is -0.294 e. The zero-order valence-corrected chi connectivity index (χ0v) is 17.5. The van der Waals surface area contributed by atoms with Gasteiger partial charge in [-0.25, -0.2) is 0 Å². The minimum absolute atomic E-state index is 0.0514. The second kappa shape index (κ2) is 7.55. The molecule has 3 nitrogen and oxygen atoms in total. The Hall–Kier alpha value is -1.81. The van der Waals surface area contributed by atoms with Gasteiger partial charge in [-0.2, -0.15) is 0 Å². The fourth-order valence-electron chi connectivity index (χ4n) is 4.03. The van der Waals surface area contributed by atoms with Gasteiger partial charge in [0.25, 0.3) is 0 Å². The molecule has 1 amide bonds. The van der Waals surface area contributed by atoms with Crippen molar-refractivity contribution in [2.45, 2.75) is 38.5 Å². The zero-order valence-electron chi connectivity index (χ0n) is 15.3. The number of allylic oxidation sites excluding steroid dienone is 2. The van der Waals surface area contributed by atoms with Gasteiger partial charge < -0.3 is 0 Å². The number of halogens is 3. The molecule has 0 N–H and O–H groups in total. The van der Waals surface area contributed by atoms with Crippen molar-refractivity contribution in [1.82, 2.24) is 0 Å². The van der Waals surface area contributed by atoms with Gasteiger partial charge >= 0.3 is 0 Å².